The highest BCUT2D eigenvalue weighted by molar-refractivity contribution is 9.10. The molecule has 0 saturated carbocycles. The largest absolute Gasteiger partial charge is 0.387 e. The summed E-state index contributed by atoms with van der Waals surface area (Å²) < 4.78 is 19.4. The van der Waals surface area contributed by atoms with Crippen molar-refractivity contribution in [2.75, 3.05) is 20.3 Å². The van der Waals surface area contributed by atoms with Gasteiger partial charge < -0.3 is 15.6 Å². The van der Waals surface area contributed by atoms with Crippen LogP contribution in [0.2, 0.25) is 0 Å². The predicted octanol–water partition coefficient (Wildman–Crippen LogP) is 2.25. The molecule has 0 aliphatic heterocycles. The highest BCUT2D eigenvalue weighted by Crippen LogP contribution is 2.23. The Balaban J connectivity index is 2.81. The van der Waals surface area contributed by atoms with Crippen molar-refractivity contribution in [1.29, 1.82) is 0 Å². The fourth-order valence-electron chi connectivity index (χ4n) is 1.93. The number of hydrogen-bond acceptors (Lipinski definition) is 3. The molecule has 0 bridgehead atoms. The molecule has 0 saturated heterocycles. The van der Waals surface area contributed by atoms with Gasteiger partial charge in [-0.05, 0) is 37.1 Å². The lowest BCUT2D eigenvalue weighted by molar-refractivity contribution is -0.0380. The van der Waals surface area contributed by atoms with E-state index in [-0.39, 0.29) is 18.8 Å². The summed E-state index contributed by atoms with van der Waals surface area (Å²) in [5.41, 5.74) is 4.86. The Bertz CT molecular complexity index is 389. The van der Waals surface area contributed by atoms with Crippen LogP contribution in [-0.4, -0.2) is 31.0 Å². The predicted molar refractivity (Wildman–Crippen MR) is 72.9 cm³/mol. The van der Waals surface area contributed by atoms with Gasteiger partial charge in [-0.1, -0.05) is 22.0 Å². The molecule has 1 atom stereocenters. The Kier molecular flexibility index (Phi) is 6.21. The fourth-order valence-corrected chi connectivity index (χ4v) is 2.26. The van der Waals surface area contributed by atoms with Crippen LogP contribution < -0.4 is 5.73 Å². The first kappa shape index (κ1) is 15.6. The van der Waals surface area contributed by atoms with Crippen LogP contribution in [0.4, 0.5) is 4.39 Å². The molecule has 0 heterocycles. The molecule has 0 amide bonds. The number of ether oxygens (including phenoxy) is 1. The second-order valence-electron chi connectivity index (χ2n) is 4.46. The van der Waals surface area contributed by atoms with E-state index in [2.05, 4.69) is 15.9 Å². The van der Waals surface area contributed by atoms with Crippen LogP contribution in [0.1, 0.15) is 18.4 Å². The van der Waals surface area contributed by atoms with Gasteiger partial charge in [0.05, 0.1) is 12.2 Å². The topological polar surface area (TPSA) is 55.5 Å². The minimum Gasteiger partial charge on any atom is -0.387 e. The second-order valence-corrected chi connectivity index (χ2v) is 5.38. The van der Waals surface area contributed by atoms with E-state index in [9.17, 15) is 9.50 Å². The van der Waals surface area contributed by atoms with Gasteiger partial charge in [-0.3, -0.25) is 0 Å². The Morgan fingerprint density at radius 1 is 1.50 bits per heavy atom. The van der Waals surface area contributed by atoms with Gasteiger partial charge in [-0.25, -0.2) is 4.39 Å². The third-order valence-corrected chi connectivity index (χ3v) is 3.29. The normalized spacial score (nSPS) is 14.5. The maximum Gasteiger partial charge on any atom is 0.127 e. The van der Waals surface area contributed by atoms with Gasteiger partial charge in [0, 0.05) is 18.0 Å². The average Bonchev–Trinajstić information content (AvgIpc) is 2.31. The molecule has 3 N–H and O–H groups in total. The van der Waals surface area contributed by atoms with E-state index in [1.54, 1.807) is 12.1 Å². The van der Waals surface area contributed by atoms with E-state index < -0.39 is 5.60 Å². The summed E-state index contributed by atoms with van der Waals surface area (Å²) in [5, 5.41) is 10.4. The molecule has 0 radical (unpaired) electrons. The smallest absolute Gasteiger partial charge is 0.127 e. The molecule has 0 aliphatic rings. The minimum atomic E-state index is -1.07. The Morgan fingerprint density at radius 2 is 2.22 bits per heavy atom. The SMILES string of the molecule is COCC(O)(CCCN)Cc1ccc(Br)cc1F. The van der Waals surface area contributed by atoms with E-state index in [0.29, 0.717) is 29.4 Å². The quantitative estimate of drug-likeness (QED) is 0.810. The number of hydrogen-bond donors (Lipinski definition) is 2. The fraction of sp³-hybridized carbons (Fsp3) is 0.538. The standard InChI is InChI=1S/C13H19BrFNO2/c1-18-9-13(17,5-2-6-16)8-10-3-4-11(14)7-12(10)15/h3-4,7,17H,2,5-6,8-9,16H2,1H3. The molecule has 1 rings (SSSR count). The van der Waals surface area contributed by atoms with Gasteiger partial charge in [0.15, 0.2) is 0 Å². The minimum absolute atomic E-state index is 0.169. The van der Waals surface area contributed by atoms with Crippen LogP contribution in [0.25, 0.3) is 0 Å². The first-order chi connectivity index (χ1) is 8.50. The van der Waals surface area contributed by atoms with Gasteiger partial charge >= 0.3 is 0 Å². The van der Waals surface area contributed by atoms with Gasteiger partial charge in [-0.15, -0.1) is 0 Å². The van der Waals surface area contributed by atoms with E-state index in [0.717, 1.165) is 0 Å². The van der Waals surface area contributed by atoms with Gasteiger partial charge in [0.1, 0.15) is 5.82 Å². The number of nitrogens with two attached hydrogens (primary N) is 1. The number of rotatable bonds is 7. The van der Waals surface area contributed by atoms with E-state index in [1.807, 2.05) is 0 Å². The summed E-state index contributed by atoms with van der Waals surface area (Å²) in [6, 6.07) is 4.82. The molecule has 0 fully saturated rings. The van der Waals surface area contributed by atoms with E-state index in [1.165, 1.54) is 13.2 Å². The molecule has 0 spiro atoms. The molecular weight excluding hydrogens is 301 g/mol. The van der Waals surface area contributed by atoms with Crippen molar-refractivity contribution in [2.24, 2.45) is 5.73 Å². The van der Waals surface area contributed by atoms with E-state index >= 15 is 0 Å². The summed E-state index contributed by atoms with van der Waals surface area (Å²) in [5.74, 6) is -0.327. The third kappa shape index (κ3) is 4.65. The lowest BCUT2D eigenvalue weighted by Gasteiger charge is -2.27. The highest BCUT2D eigenvalue weighted by atomic mass is 79.9. The van der Waals surface area contributed by atoms with Crippen LogP contribution in [0.15, 0.2) is 22.7 Å². The molecular formula is C13H19BrFNO2. The summed E-state index contributed by atoms with van der Waals surface area (Å²) in [4.78, 5) is 0. The molecule has 0 aromatic heterocycles. The van der Waals surface area contributed by atoms with Crippen molar-refractivity contribution in [3.8, 4) is 0 Å². The van der Waals surface area contributed by atoms with Gasteiger partial charge in [0.25, 0.3) is 0 Å². The van der Waals surface area contributed by atoms with Crippen molar-refractivity contribution in [3.63, 3.8) is 0 Å². The van der Waals surface area contributed by atoms with Crippen molar-refractivity contribution in [1.82, 2.24) is 0 Å². The summed E-state index contributed by atoms with van der Waals surface area (Å²) in [6.45, 7) is 0.664. The molecule has 0 aliphatic carbocycles. The lowest BCUT2D eigenvalue weighted by Crippen LogP contribution is -2.37. The number of aliphatic hydroxyl groups is 1. The zero-order valence-electron chi connectivity index (χ0n) is 10.5. The highest BCUT2D eigenvalue weighted by Gasteiger charge is 2.28. The summed E-state index contributed by atoms with van der Waals surface area (Å²) in [6.07, 6.45) is 1.39. The first-order valence-corrected chi connectivity index (χ1v) is 6.65. The third-order valence-electron chi connectivity index (χ3n) is 2.79. The Morgan fingerprint density at radius 3 is 2.78 bits per heavy atom. The molecule has 1 aromatic carbocycles. The van der Waals surface area contributed by atoms with Crippen molar-refractivity contribution >= 4 is 15.9 Å². The molecule has 102 valence electrons. The van der Waals surface area contributed by atoms with Gasteiger partial charge in [0.2, 0.25) is 0 Å². The maximum atomic E-state index is 13.7. The van der Waals surface area contributed by atoms with E-state index in [4.69, 9.17) is 10.5 Å². The van der Waals surface area contributed by atoms with Crippen LogP contribution >= 0.6 is 15.9 Å². The first-order valence-electron chi connectivity index (χ1n) is 5.86. The van der Waals surface area contributed by atoms with Crippen LogP contribution in [0.3, 0.4) is 0 Å². The lowest BCUT2D eigenvalue weighted by atomic mass is 9.90. The zero-order valence-corrected chi connectivity index (χ0v) is 12.0. The second kappa shape index (κ2) is 7.19. The molecule has 18 heavy (non-hydrogen) atoms. The summed E-state index contributed by atoms with van der Waals surface area (Å²) >= 11 is 3.20. The average molecular weight is 320 g/mol. The monoisotopic (exact) mass is 319 g/mol. The number of benzene rings is 1. The van der Waals surface area contributed by atoms with Crippen LogP contribution in [0.5, 0.6) is 0 Å². The molecule has 1 aromatic rings. The zero-order chi connectivity index (χ0) is 13.6. The maximum absolute atomic E-state index is 13.7. The molecule has 5 heteroatoms. The van der Waals surface area contributed by atoms with Crippen LogP contribution in [0, 0.1) is 5.82 Å². The number of halogens is 2. The molecule has 3 nitrogen and oxygen atoms in total. The number of methoxy groups -OCH3 is 1. The van der Waals surface area contributed by atoms with Gasteiger partial charge in [-0.2, -0.15) is 0 Å². The van der Waals surface area contributed by atoms with Crippen molar-refractivity contribution < 1.29 is 14.2 Å². The van der Waals surface area contributed by atoms with Crippen LogP contribution in [-0.2, 0) is 11.2 Å². The Hall–Kier alpha value is -0.490. The summed E-state index contributed by atoms with van der Waals surface area (Å²) in [7, 11) is 1.52. The molecule has 1 unspecified atom stereocenters. The Labute approximate surface area is 115 Å². The van der Waals surface area contributed by atoms with Crippen molar-refractivity contribution in [3.05, 3.63) is 34.1 Å². The van der Waals surface area contributed by atoms with Crippen molar-refractivity contribution in [2.45, 2.75) is 24.9 Å².